The highest BCUT2D eigenvalue weighted by Gasteiger charge is 2.17. The van der Waals surface area contributed by atoms with Gasteiger partial charge < -0.3 is 5.32 Å². The van der Waals surface area contributed by atoms with Crippen LogP contribution in [0.15, 0.2) is 55.0 Å². The molecule has 0 aliphatic carbocycles. The highest BCUT2D eigenvalue weighted by atomic mass is 16.1. The Morgan fingerprint density at radius 2 is 2.03 bits per heavy atom. The Bertz CT molecular complexity index is 1300. The van der Waals surface area contributed by atoms with Crippen LogP contribution in [-0.2, 0) is 6.54 Å². The summed E-state index contributed by atoms with van der Waals surface area (Å²) in [6.07, 6.45) is 6.45. The van der Waals surface area contributed by atoms with Crippen molar-refractivity contribution in [3.8, 4) is 17.2 Å². The molecule has 0 spiro atoms. The number of nitriles is 1. The van der Waals surface area contributed by atoms with Crippen LogP contribution in [0.1, 0.15) is 28.2 Å². The number of aromatic amines is 1. The molecule has 0 saturated carbocycles. The molecule has 1 fully saturated rings. The average Bonchev–Trinajstić information content (AvgIpc) is 3.20. The number of aromatic nitrogens is 4. The van der Waals surface area contributed by atoms with E-state index in [0.29, 0.717) is 11.4 Å². The molecular weight excluding hydrogens is 390 g/mol. The molecule has 4 heterocycles. The molecule has 5 rings (SSSR count). The largest absolute Gasteiger partial charge is 0.319 e. The molecule has 0 atom stereocenters. The van der Waals surface area contributed by atoms with Crippen LogP contribution < -0.4 is 5.32 Å². The number of carbonyl (C=O) groups excluding carboxylic acids is 1. The summed E-state index contributed by atoms with van der Waals surface area (Å²) in [5, 5.41) is 19.5. The van der Waals surface area contributed by atoms with E-state index in [-0.39, 0.29) is 11.6 Å². The number of H-pyrrole nitrogens is 1. The number of likely N-dealkylation sites (tertiary alicyclic amines) is 1. The van der Waals surface area contributed by atoms with E-state index in [1.165, 1.54) is 18.2 Å². The summed E-state index contributed by atoms with van der Waals surface area (Å²) in [4.78, 5) is 23.6. The van der Waals surface area contributed by atoms with Gasteiger partial charge in [0.15, 0.2) is 5.69 Å². The lowest BCUT2D eigenvalue weighted by Gasteiger charge is -2.30. The third-order valence-corrected chi connectivity index (χ3v) is 5.40. The molecule has 4 aromatic rings. The van der Waals surface area contributed by atoms with Crippen LogP contribution in [-0.4, -0.2) is 44.1 Å². The van der Waals surface area contributed by atoms with Crippen molar-refractivity contribution in [2.45, 2.75) is 13.0 Å². The van der Waals surface area contributed by atoms with E-state index in [0.717, 1.165) is 41.7 Å². The summed E-state index contributed by atoms with van der Waals surface area (Å²) in [5.74, 6) is -0.348. The second kappa shape index (κ2) is 7.97. The predicted molar refractivity (Wildman–Crippen MR) is 116 cm³/mol. The van der Waals surface area contributed by atoms with E-state index < -0.39 is 0 Å². The van der Waals surface area contributed by atoms with Gasteiger partial charge in [0.25, 0.3) is 5.91 Å². The van der Waals surface area contributed by atoms with Crippen molar-refractivity contribution in [2.75, 3.05) is 18.4 Å². The van der Waals surface area contributed by atoms with Crippen LogP contribution in [0.5, 0.6) is 0 Å². The van der Waals surface area contributed by atoms with Crippen molar-refractivity contribution in [1.29, 1.82) is 5.26 Å². The zero-order chi connectivity index (χ0) is 21.2. The molecule has 152 valence electrons. The Balaban J connectivity index is 1.42. The molecule has 1 aromatic carbocycles. The van der Waals surface area contributed by atoms with Crippen LogP contribution in [0.3, 0.4) is 0 Å². The molecule has 0 bridgehead atoms. The quantitative estimate of drug-likeness (QED) is 0.523. The molecule has 1 amide bonds. The van der Waals surface area contributed by atoms with Gasteiger partial charge in [0.05, 0.1) is 17.4 Å². The number of hydrogen-bond acceptors (Lipinski definition) is 6. The fourth-order valence-corrected chi connectivity index (χ4v) is 3.62. The lowest BCUT2D eigenvalue weighted by molar-refractivity contribution is 0.102. The first-order valence-corrected chi connectivity index (χ1v) is 10.0. The minimum atomic E-state index is -0.348. The Morgan fingerprint density at radius 1 is 1.13 bits per heavy atom. The van der Waals surface area contributed by atoms with E-state index in [9.17, 15) is 4.79 Å². The number of rotatable bonds is 5. The number of hydrogen-bond donors (Lipinski definition) is 2. The highest BCUT2D eigenvalue weighted by molar-refractivity contribution is 6.11. The number of carbonyl (C=O) groups is 1. The van der Waals surface area contributed by atoms with Crippen molar-refractivity contribution in [2.24, 2.45) is 0 Å². The number of benzene rings is 1. The zero-order valence-corrected chi connectivity index (χ0v) is 16.7. The van der Waals surface area contributed by atoms with Gasteiger partial charge in [-0.2, -0.15) is 10.4 Å². The van der Waals surface area contributed by atoms with E-state index in [1.807, 2.05) is 36.7 Å². The van der Waals surface area contributed by atoms with Crippen LogP contribution in [0, 0.1) is 11.3 Å². The summed E-state index contributed by atoms with van der Waals surface area (Å²) >= 11 is 0. The Kier molecular flexibility index (Phi) is 4.86. The summed E-state index contributed by atoms with van der Waals surface area (Å²) in [5.41, 5.74) is 5.01. The van der Waals surface area contributed by atoms with Gasteiger partial charge in [0.2, 0.25) is 0 Å². The molecule has 1 saturated heterocycles. The highest BCUT2D eigenvalue weighted by Crippen LogP contribution is 2.26. The second-order valence-corrected chi connectivity index (χ2v) is 7.54. The lowest BCUT2D eigenvalue weighted by atomic mass is 10.0. The third-order valence-electron chi connectivity index (χ3n) is 5.40. The third kappa shape index (κ3) is 3.86. The van der Waals surface area contributed by atoms with Gasteiger partial charge in [-0.25, -0.2) is 4.98 Å². The topological polar surface area (TPSA) is 111 Å². The monoisotopic (exact) mass is 409 g/mol. The molecule has 0 radical (unpaired) electrons. The van der Waals surface area contributed by atoms with Crippen molar-refractivity contribution < 1.29 is 4.79 Å². The summed E-state index contributed by atoms with van der Waals surface area (Å²) in [6.45, 7) is 3.18. The van der Waals surface area contributed by atoms with E-state index in [4.69, 9.17) is 5.26 Å². The van der Waals surface area contributed by atoms with Gasteiger partial charge in [0, 0.05) is 29.9 Å². The second-order valence-electron chi connectivity index (χ2n) is 7.54. The van der Waals surface area contributed by atoms with Gasteiger partial charge >= 0.3 is 0 Å². The number of nitrogens with one attached hydrogen (secondary N) is 2. The predicted octanol–water partition coefficient (Wildman–Crippen LogP) is 3.35. The smallest absolute Gasteiger partial charge is 0.276 e. The number of fused-ring (bicyclic) bond motifs is 1. The molecule has 0 unspecified atom stereocenters. The normalized spacial score (nSPS) is 13.5. The maximum absolute atomic E-state index is 12.8. The molecule has 31 heavy (non-hydrogen) atoms. The van der Waals surface area contributed by atoms with E-state index in [2.05, 4.69) is 36.4 Å². The Hall–Kier alpha value is -4.09. The lowest BCUT2D eigenvalue weighted by Crippen LogP contribution is -2.36. The van der Waals surface area contributed by atoms with E-state index >= 15 is 0 Å². The first kappa shape index (κ1) is 18.9. The number of pyridine rings is 2. The van der Waals surface area contributed by atoms with Crippen molar-refractivity contribution in [1.82, 2.24) is 25.1 Å². The van der Waals surface area contributed by atoms with Gasteiger partial charge in [0.1, 0.15) is 11.8 Å². The molecule has 1 aliphatic rings. The fraction of sp³-hybridized carbons (Fsp3) is 0.174. The van der Waals surface area contributed by atoms with Crippen LogP contribution in [0.25, 0.3) is 22.0 Å². The average molecular weight is 409 g/mol. The van der Waals surface area contributed by atoms with Crippen LogP contribution in [0.4, 0.5) is 5.69 Å². The maximum atomic E-state index is 12.8. The van der Waals surface area contributed by atoms with E-state index in [1.54, 1.807) is 12.1 Å². The SMILES string of the molecule is N#Cc1ccc(NC(=O)c2n[nH]c3ccc(-c4cncc(CN5CCC5)c4)cc23)cn1. The molecule has 2 N–H and O–H groups in total. The maximum Gasteiger partial charge on any atom is 0.276 e. The van der Waals surface area contributed by atoms with Crippen LogP contribution in [0.2, 0.25) is 0 Å². The number of amides is 1. The van der Waals surface area contributed by atoms with Gasteiger partial charge in [-0.05, 0) is 61.0 Å². The molecular formula is C23H19N7O. The zero-order valence-electron chi connectivity index (χ0n) is 16.7. The summed E-state index contributed by atoms with van der Waals surface area (Å²) in [7, 11) is 0. The first-order chi connectivity index (χ1) is 15.2. The van der Waals surface area contributed by atoms with Gasteiger partial charge in [-0.3, -0.25) is 19.8 Å². The van der Waals surface area contributed by atoms with Crippen molar-refractivity contribution in [3.63, 3.8) is 0 Å². The Morgan fingerprint density at radius 3 is 2.77 bits per heavy atom. The van der Waals surface area contributed by atoms with Gasteiger partial charge in [-0.1, -0.05) is 6.07 Å². The standard InChI is InChI=1S/C23H19N7O/c24-10-18-3-4-19(13-26-18)27-23(31)22-20-9-16(2-5-21(20)28-29-22)17-8-15(11-25-12-17)14-30-6-1-7-30/h2-5,8-9,11-13H,1,6-7,14H2,(H,27,31)(H,28,29). The van der Waals surface area contributed by atoms with Crippen molar-refractivity contribution in [3.05, 3.63) is 71.9 Å². The minimum absolute atomic E-state index is 0.290. The molecule has 8 nitrogen and oxygen atoms in total. The molecule has 3 aromatic heterocycles. The van der Waals surface area contributed by atoms with Crippen molar-refractivity contribution >= 4 is 22.5 Å². The fourth-order valence-electron chi connectivity index (χ4n) is 3.62. The molecule has 1 aliphatic heterocycles. The number of anilines is 1. The Labute approximate surface area is 178 Å². The minimum Gasteiger partial charge on any atom is -0.319 e. The van der Waals surface area contributed by atoms with Gasteiger partial charge in [-0.15, -0.1) is 0 Å². The summed E-state index contributed by atoms with van der Waals surface area (Å²) in [6, 6.07) is 13.2. The molecule has 8 heteroatoms. The number of nitrogens with zero attached hydrogens (tertiary/aromatic N) is 5. The first-order valence-electron chi connectivity index (χ1n) is 10.0. The van der Waals surface area contributed by atoms with Crippen LogP contribution >= 0.6 is 0 Å². The summed E-state index contributed by atoms with van der Waals surface area (Å²) < 4.78 is 0.